The second kappa shape index (κ2) is 4.04. The van der Waals surface area contributed by atoms with Gasteiger partial charge in [0.15, 0.2) is 11.5 Å². The lowest BCUT2D eigenvalue weighted by atomic mass is 10.1. The van der Waals surface area contributed by atoms with Gasteiger partial charge in [-0.25, -0.2) is 5.90 Å². The van der Waals surface area contributed by atoms with Gasteiger partial charge in [0, 0.05) is 0 Å². The van der Waals surface area contributed by atoms with Crippen molar-refractivity contribution in [3.05, 3.63) is 22.7 Å². The van der Waals surface area contributed by atoms with E-state index in [2.05, 4.69) is 4.84 Å². The lowest BCUT2D eigenvalue weighted by Gasteiger charge is -2.03. The second-order valence-corrected chi connectivity index (χ2v) is 3.34. The van der Waals surface area contributed by atoms with Gasteiger partial charge in [0.05, 0.1) is 11.6 Å². The summed E-state index contributed by atoms with van der Waals surface area (Å²) in [6, 6.07) is 3.71. The molecule has 0 aromatic heterocycles. The lowest BCUT2D eigenvalue weighted by molar-refractivity contribution is 0.141. The summed E-state index contributed by atoms with van der Waals surface area (Å²) in [6.45, 7) is 0.682. The van der Waals surface area contributed by atoms with Crippen molar-refractivity contribution < 1.29 is 14.3 Å². The molecule has 0 aliphatic carbocycles. The summed E-state index contributed by atoms with van der Waals surface area (Å²) in [4.78, 5) is 4.49. The van der Waals surface area contributed by atoms with E-state index in [1.807, 2.05) is 12.1 Å². The van der Waals surface area contributed by atoms with Gasteiger partial charge in [0.2, 0.25) is 6.79 Å². The molecular formula is C9H10ClNO3. The highest BCUT2D eigenvalue weighted by atomic mass is 35.5. The molecule has 2 N–H and O–H groups in total. The molecule has 4 nitrogen and oxygen atoms in total. The third kappa shape index (κ3) is 1.77. The molecule has 0 amide bonds. The molecule has 14 heavy (non-hydrogen) atoms. The predicted molar refractivity (Wildman–Crippen MR) is 51.4 cm³/mol. The van der Waals surface area contributed by atoms with Crippen molar-refractivity contribution in [2.45, 2.75) is 6.42 Å². The molecule has 0 unspecified atom stereocenters. The number of nitrogens with two attached hydrogens (primary N) is 1. The second-order valence-electron chi connectivity index (χ2n) is 2.93. The molecule has 0 radical (unpaired) electrons. The van der Waals surface area contributed by atoms with Crippen LogP contribution < -0.4 is 15.4 Å². The Hall–Kier alpha value is -0.970. The molecule has 0 spiro atoms. The Morgan fingerprint density at radius 3 is 3.07 bits per heavy atom. The molecule has 1 aromatic carbocycles. The van der Waals surface area contributed by atoms with Crippen LogP contribution in [0.25, 0.3) is 0 Å². The van der Waals surface area contributed by atoms with Crippen LogP contribution >= 0.6 is 11.6 Å². The van der Waals surface area contributed by atoms with Crippen LogP contribution in [0.1, 0.15) is 5.56 Å². The molecule has 1 heterocycles. The predicted octanol–water partition coefficient (Wildman–Crippen LogP) is 1.50. The van der Waals surface area contributed by atoms with Crippen molar-refractivity contribution in [3.8, 4) is 11.5 Å². The van der Waals surface area contributed by atoms with Crippen molar-refractivity contribution in [2.24, 2.45) is 5.90 Å². The van der Waals surface area contributed by atoms with E-state index in [1.165, 1.54) is 0 Å². The molecule has 0 saturated carbocycles. The van der Waals surface area contributed by atoms with Crippen molar-refractivity contribution in [3.63, 3.8) is 0 Å². The Morgan fingerprint density at radius 2 is 2.29 bits per heavy atom. The normalized spacial score (nSPS) is 13.3. The minimum Gasteiger partial charge on any atom is -0.454 e. The molecule has 0 atom stereocenters. The molecular weight excluding hydrogens is 206 g/mol. The van der Waals surface area contributed by atoms with Gasteiger partial charge in [-0.15, -0.1) is 0 Å². The summed E-state index contributed by atoms with van der Waals surface area (Å²) in [5, 5.41) is 0.562. The molecule has 76 valence electrons. The van der Waals surface area contributed by atoms with Gasteiger partial charge in [-0.2, -0.15) is 0 Å². The minimum atomic E-state index is 0.228. The maximum Gasteiger partial charge on any atom is 0.231 e. The average molecular weight is 216 g/mol. The zero-order valence-electron chi connectivity index (χ0n) is 7.46. The molecule has 0 fully saturated rings. The standard InChI is InChI=1S/C9H10ClNO3/c10-7-3-6(1-2-14-11)4-8-9(7)13-5-12-8/h3-4H,1-2,5,11H2. The zero-order valence-corrected chi connectivity index (χ0v) is 8.21. The maximum absolute atomic E-state index is 5.98. The number of hydrogen-bond acceptors (Lipinski definition) is 4. The van der Waals surface area contributed by atoms with Crippen LogP contribution in [-0.4, -0.2) is 13.4 Å². The molecule has 1 aromatic rings. The average Bonchev–Trinajstić information content (AvgIpc) is 2.63. The Morgan fingerprint density at radius 1 is 1.43 bits per heavy atom. The van der Waals surface area contributed by atoms with Crippen molar-refractivity contribution in [1.29, 1.82) is 0 Å². The van der Waals surface area contributed by atoms with E-state index in [1.54, 1.807) is 0 Å². The highest BCUT2D eigenvalue weighted by Crippen LogP contribution is 2.39. The van der Waals surface area contributed by atoms with Gasteiger partial charge >= 0.3 is 0 Å². The smallest absolute Gasteiger partial charge is 0.231 e. The first-order chi connectivity index (χ1) is 6.81. The fourth-order valence-corrected chi connectivity index (χ4v) is 1.63. The highest BCUT2D eigenvalue weighted by Gasteiger charge is 2.17. The molecule has 2 rings (SSSR count). The van der Waals surface area contributed by atoms with Gasteiger partial charge in [-0.3, -0.25) is 0 Å². The van der Waals surface area contributed by atoms with Gasteiger partial charge in [0.1, 0.15) is 0 Å². The maximum atomic E-state index is 5.98. The Labute approximate surface area is 86.5 Å². The van der Waals surface area contributed by atoms with Crippen molar-refractivity contribution in [1.82, 2.24) is 0 Å². The summed E-state index contributed by atoms with van der Waals surface area (Å²) in [5.74, 6) is 6.24. The van der Waals surface area contributed by atoms with E-state index in [4.69, 9.17) is 27.0 Å². The van der Waals surface area contributed by atoms with Gasteiger partial charge in [0.25, 0.3) is 0 Å². The summed E-state index contributed by atoms with van der Waals surface area (Å²) in [5.41, 5.74) is 1.02. The first-order valence-electron chi connectivity index (χ1n) is 4.21. The van der Waals surface area contributed by atoms with E-state index >= 15 is 0 Å². The van der Waals surface area contributed by atoms with Crippen LogP contribution in [0.4, 0.5) is 0 Å². The van der Waals surface area contributed by atoms with Gasteiger partial charge < -0.3 is 14.3 Å². The van der Waals surface area contributed by atoms with Crippen LogP contribution in [0.15, 0.2) is 12.1 Å². The van der Waals surface area contributed by atoms with Crippen LogP contribution in [-0.2, 0) is 11.3 Å². The number of ether oxygens (including phenoxy) is 2. The van der Waals surface area contributed by atoms with E-state index in [0.29, 0.717) is 29.5 Å². The molecule has 0 saturated heterocycles. The van der Waals surface area contributed by atoms with Crippen molar-refractivity contribution >= 4 is 11.6 Å². The van der Waals surface area contributed by atoms with Crippen molar-refractivity contribution in [2.75, 3.05) is 13.4 Å². The fraction of sp³-hybridized carbons (Fsp3) is 0.333. The Bertz CT molecular complexity index is 343. The lowest BCUT2D eigenvalue weighted by Crippen LogP contribution is -2.03. The largest absolute Gasteiger partial charge is 0.454 e. The van der Waals surface area contributed by atoms with Crippen LogP contribution in [0.2, 0.25) is 5.02 Å². The zero-order chi connectivity index (χ0) is 9.97. The fourth-order valence-electron chi connectivity index (χ4n) is 1.34. The molecule has 5 heteroatoms. The Balaban J connectivity index is 2.23. The van der Waals surface area contributed by atoms with E-state index < -0.39 is 0 Å². The van der Waals surface area contributed by atoms with E-state index in [0.717, 1.165) is 5.56 Å². The summed E-state index contributed by atoms with van der Waals surface area (Å²) >= 11 is 5.98. The number of hydrogen-bond donors (Lipinski definition) is 1. The molecule has 0 bridgehead atoms. The van der Waals surface area contributed by atoms with E-state index in [-0.39, 0.29) is 6.79 Å². The number of benzene rings is 1. The minimum absolute atomic E-state index is 0.228. The third-order valence-corrected chi connectivity index (χ3v) is 2.28. The monoisotopic (exact) mass is 215 g/mol. The van der Waals surface area contributed by atoms with Gasteiger partial charge in [-0.05, 0) is 24.1 Å². The topological polar surface area (TPSA) is 53.7 Å². The summed E-state index contributed by atoms with van der Waals surface area (Å²) in [7, 11) is 0. The highest BCUT2D eigenvalue weighted by molar-refractivity contribution is 6.32. The third-order valence-electron chi connectivity index (χ3n) is 2.00. The quantitative estimate of drug-likeness (QED) is 0.777. The van der Waals surface area contributed by atoms with Crippen LogP contribution in [0.5, 0.6) is 11.5 Å². The summed E-state index contributed by atoms with van der Waals surface area (Å²) in [6.07, 6.45) is 0.701. The summed E-state index contributed by atoms with van der Waals surface area (Å²) < 4.78 is 10.4. The first-order valence-corrected chi connectivity index (χ1v) is 4.59. The Kier molecular flexibility index (Phi) is 2.77. The number of rotatable bonds is 3. The van der Waals surface area contributed by atoms with Crippen LogP contribution in [0, 0.1) is 0 Å². The van der Waals surface area contributed by atoms with E-state index in [9.17, 15) is 0 Å². The number of fused-ring (bicyclic) bond motifs is 1. The first kappa shape index (κ1) is 9.58. The molecule has 1 aliphatic rings. The number of halogens is 1. The SMILES string of the molecule is NOCCc1cc(Cl)c2c(c1)OCO2. The van der Waals surface area contributed by atoms with Crippen LogP contribution in [0.3, 0.4) is 0 Å². The van der Waals surface area contributed by atoms with Gasteiger partial charge in [-0.1, -0.05) is 11.6 Å². The molecule has 1 aliphatic heterocycles.